The number of hydrogen-bond acceptors (Lipinski definition) is 3. The highest BCUT2D eigenvalue weighted by Crippen LogP contribution is 2.25. The lowest BCUT2D eigenvalue weighted by Crippen LogP contribution is -2.18. The molecule has 0 fully saturated rings. The first-order valence-corrected chi connectivity index (χ1v) is 7.13. The first-order valence-electron chi connectivity index (χ1n) is 6.25. The van der Waals surface area contributed by atoms with Gasteiger partial charge in [0.15, 0.2) is 0 Å². The molecule has 0 bridgehead atoms. The summed E-state index contributed by atoms with van der Waals surface area (Å²) in [5.41, 5.74) is 7.17. The minimum atomic E-state index is 0.361. The first kappa shape index (κ1) is 13.2. The standard InChI is InChI=1S/C15H20N2S/c1-10-5-6-13(7-11(10)2)8-14(16-4)15-12(3)17-9-18-15/h5-7,9,14,16H,8H2,1-4H3. The Hall–Kier alpha value is -1.19. The van der Waals surface area contributed by atoms with Crippen molar-refractivity contribution in [3.63, 3.8) is 0 Å². The fourth-order valence-electron chi connectivity index (χ4n) is 2.14. The number of nitrogens with one attached hydrogen (secondary N) is 1. The largest absolute Gasteiger partial charge is 0.312 e. The lowest BCUT2D eigenvalue weighted by Gasteiger charge is -2.16. The highest BCUT2D eigenvalue weighted by Gasteiger charge is 2.14. The molecule has 2 aromatic rings. The normalized spacial score (nSPS) is 12.7. The summed E-state index contributed by atoms with van der Waals surface area (Å²) in [6.45, 7) is 6.41. The Kier molecular flexibility index (Phi) is 4.15. The molecule has 0 saturated heterocycles. The number of likely N-dealkylation sites (N-methyl/N-ethyl adjacent to an activating group) is 1. The highest BCUT2D eigenvalue weighted by atomic mass is 32.1. The summed E-state index contributed by atoms with van der Waals surface area (Å²) in [7, 11) is 2.02. The molecule has 0 saturated carbocycles. The third-order valence-electron chi connectivity index (χ3n) is 3.46. The predicted molar refractivity (Wildman–Crippen MR) is 78.3 cm³/mol. The van der Waals surface area contributed by atoms with Gasteiger partial charge in [-0.3, -0.25) is 0 Å². The van der Waals surface area contributed by atoms with E-state index in [-0.39, 0.29) is 0 Å². The molecule has 1 aromatic heterocycles. The van der Waals surface area contributed by atoms with E-state index in [1.165, 1.54) is 21.6 Å². The van der Waals surface area contributed by atoms with E-state index in [1.807, 2.05) is 12.6 Å². The van der Waals surface area contributed by atoms with Gasteiger partial charge < -0.3 is 5.32 Å². The van der Waals surface area contributed by atoms with Gasteiger partial charge in [-0.25, -0.2) is 4.98 Å². The van der Waals surface area contributed by atoms with Gasteiger partial charge in [-0.05, 0) is 50.9 Å². The van der Waals surface area contributed by atoms with E-state index in [2.05, 4.69) is 49.3 Å². The quantitative estimate of drug-likeness (QED) is 0.909. The van der Waals surface area contributed by atoms with Crippen molar-refractivity contribution in [2.24, 2.45) is 0 Å². The molecule has 2 nitrogen and oxygen atoms in total. The lowest BCUT2D eigenvalue weighted by atomic mass is 10.00. The van der Waals surface area contributed by atoms with E-state index in [0.717, 1.165) is 12.1 Å². The van der Waals surface area contributed by atoms with E-state index in [1.54, 1.807) is 11.3 Å². The van der Waals surface area contributed by atoms with Crippen molar-refractivity contribution in [1.82, 2.24) is 10.3 Å². The summed E-state index contributed by atoms with van der Waals surface area (Å²) in [6, 6.07) is 7.08. The maximum atomic E-state index is 4.34. The second-order valence-electron chi connectivity index (χ2n) is 4.77. The number of rotatable bonds is 4. The molecule has 1 heterocycles. The number of nitrogens with zero attached hydrogens (tertiary/aromatic N) is 1. The molecule has 2 rings (SSSR count). The Morgan fingerprint density at radius 3 is 2.56 bits per heavy atom. The van der Waals surface area contributed by atoms with Crippen LogP contribution in [0.3, 0.4) is 0 Å². The van der Waals surface area contributed by atoms with E-state index in [4.69, 9.17) is 0 Å². The van der Waals surface area contributed by atoms with Gasteiger partial charge in [-0.15, -0.1) is 11.3 Å². The second kappa shape index (κ2) is 5.63. The summed E-state index contributed by atoms with van der Waals surface area (Å²) in [5, 5.41) is 3.40. The van der Waals surface area contributed by atoms with Crippen molar-refractivity contribution >= 4 is 11.3 Å². The van der Waals surface area contributed by atoms with Crippen LogP contribution in [0.5, 0.6) is 0 Å². The molecule has 3 heteroatoms. The average molecular weight is 260 g/mol. The van der Waals surface area contributed by atoms with Crippen LogP contribution in [0.2, 0.25) is 0 Å². The van der Waals surface area contributed by atoms with Crippen LogP contribution >= 0.6 is 11.3 Å². The van der Waals surface area contributed by atoms with Crippen molar-refractivity contribution in [2.75, 3.05) is 7.05 Å². The maximum Gasteiger partial charge on any atom is 0.0798 e. The van der Waals surface area contributed by atoms with E-state index in [9.17, 15) is 0 Å². The minimum absolute atomic E-state index is 0.361. The molecule has 0 aliphatic rings. The Balaban J connectivity index is 2.20. The Labute approximate surface area is 113 Å². The van der Waals surface area contributed by atoms with Crippen molar-refractivity contribution in [3.8, 4) is 0 Å². The predicted octanol–water partition coefficient (Wildman–Crippen LogP) is 3.57. The van der Waals surface area contributed by atoms with Crippen LogP contribution in [0.4, 0.5) is 0 Å². The molecule has 18 heavy (non-hydrogen) atoms. The molecule has 0 amide bonds. The second-order valence-corrected chi connectivity index (χ2v) is 5.65. The fraction of sp³-hybridized carbons (Fsp3) is 0.400. The van der Waals surface area contributed by atoms with Gasteiger partial charge in [0.1, 0.15) is 0 Å². The Morgan fingerprint density at radius 2 is 2.00 bits per heavy atom. The van der Waals surface area contributed by atoms with Gasteiger partial charge in [0, 0.05) is 10.9 Å². The Morgan fingerprint density at radius 1 is 1.22 bits per heavy atom. The van der Waals surface area contributed by atoms with Crippen LogP contribution in [0.15, 0.2) is 23.7 Å². The minimum Gasteiger partial charge on any atom is -0.312 e. The molecule has 0 aliphatic heterocycles. The van der Waals surface area contributed by atoms with Crippen LogP contribution in [-0.4, -0.2) is 12.0 Å². The van der Waals surface area contributed by atoms with Gasteiger partial charge in [0.2, 0.25) is 0 Å². The van der Waals surface area contributed by atoms with Crippen molar-refractivity contribution in [3.05, 3.63) is 51.0 Å². The van der Waals surface area contributed by atoms with E-state index < -0.39 is 0 Å². The van der Waals surface area contributed by atoms with Crippen molar-refractivity contribution < 1.29 is 0 Å². The van der Waals surface area contributed by atoms with Crippen LogP contribution in [-0.2, 0) is 6.42 Å². The van der Waals surface area contributed by atoms with Gasteiger partial charge in [-0.2, -0.15) is 0 Å². The first-order chi connectivity index (χ1) is 8.61. The summed E-state index contributed by atoms with van der Waals surface area (Å²) < 4.78 is 0. The van der Waals surface area contributed by atoms with Crippen LogP contribution in [0.25, 0.3) is 0 Å². The van der Waals surface area contributed by atoms with Crippen LogP contribution in [0.1, 0.15) is 33.3 Å². The van der Waals surface area contributed by atoms with Crippen LogP contribution in [0, 0.1) is 20.8 Å². The van der Waals surface area contributed by atoms with Gasteiger partial charge in [0.25, 0.3) is 0 Å². The smallest absolute Gasteiger partial charge is 0.0798 e. The summed E-state index contributed by atoms with van der Waals surface area (Å²) in [6.07, 6.45) is 1.01. The molecule has 0 aliphatic carbocycles. The number of aryl methyl sites for hydroxylation is 3. The number of thiazole rings is 1. The average Bonchev–Trinajstić information content (AvgIpc) is 2.77. The number of aromatic nitrogens is 1. The Bertz CT molecular complexity index is 531. The molecule has 1 atom stereocenters. The zero-order chi connectivity index (χ0) is 13.1. The lowest BCUT2D eigenvalue weighted by molar-refractivity contribution is 0.597. The van der Waals surface area contributed by atoms with E-state index >= 15 is 0 Å². The SMILES string of the molecule is CNC(Cc1ccc(C)c(C)c1)c1scnc1C. The zero-order valence-corrected chi connectivity index (χ0v) is 12.3. The summed E-state index contributed by atoms with van der Waals surface area (Å²) in [5.74, 6) is 0. The topological polar surface area (TPSA) is 24.9 Å². The molecule has 1 aromatic carbocycles. The molecule has 1 unspecified atom stereocenters. The monoisotopic (exact) mass is 260 g/mol. The highest BCUT2D eigenvalue weighted by molar-refractivity contribution is 7.09. The molecule has 0 spiro atoms. The third-order valence-corrected chi connectivity index (χ3v) is 4.50. The summed E-state index contributed by atoms with van der Waals surface area (Å²) >= 11 is 1.74. The van der Waals surface area contributed by atoms with E-state index in [0.29, 0.717) is 6.04 Å². The molecular weight excluding hydrogens is 240 g/mol. The fourth-order valence-corrected chi connectivity index (χ4v) is 3.05. The number of hydrogen-bond donors (Lipinski definition) is 1. The molecule has 96 valence electrons. The third kappa shape index (κ3) is 2.79. The van der Waals surface area contributed by atoms with Gasteiger partial charge in [0.05, 0.1) is 11.2 Å². The maximum absolute atomic E-state index is 4.34. The summed E-state index contributed by atoms with van der Waals surface area (Å²) in [4.78, 5) is 5.68. The number of benzene rings is 1. The molecule has 1 N–H and O–H groups in total. The van der Waals surface area contributed by atoms with Crippen molar-refractivity contribution in [2.45, 2.75) is 33.2 Å². The zero-order valence-electron chi connectivity index (χ0n) is 11.4. The van der Waals surface area contributed by atoms with Gasteiger partial charge in [-0.1, -0.05) is 18.2 Å². The molecular formula is C15H20N2S. The molecule has 0 radical (unpaired) electrons. The van der Waals surface area contributed by atoms with Gasteiger partial charge >= 0.3 is 0 Å². The van der Waals surface area contributed by atoms with Crippen molar-refractivity contribution in [1.29, 1.82) is 0 Å². The van der Waals surface area contributed by atoms with Crippen LogP contribution < -0.4 is 5.32 Å².